The number of hydrogen-bond acceptors (Lipinski definition) is 4. The summed E-state index contributed by atoms with van der Waals surface area (Å²) in [6, 6.07) is 106. The van der Waals surface area contributed by atoms with Crippen molar-refractivity contribution in [2.75, 3.05) is 0 Å². The van der Waals surface area contributed by atoms with E-state index in [4.69, 9.17) is 13.3 Å². The Hall–Kier alpha value is -10.9. The van der Waals surface area contributed by atoms with Gasteiger partial charge in [-0.25, -0.2) is 0 Å². The molecule has 20 aromatic rings. The van der Waals surface area contributed by atoms with Crippen LogP contribution in [0.2, 0.25) is 0 Å². The molecule has 0 saturated carbocycles. The third-order valence-electron chi connectivity index (χ3n) is 18.7. The Morgan fingerprint density at radius 3 is 1.40 bits per heavy atom. The molecule has 7 nitrogen and oxygen atoms in total. The summed E-state index contributed by atoms with van der Waals surface area (Å²) in [5, 5.41) is 24.1. The van der Waals surface area contributed by atoms with Gasteiger partial charge in [0.15, 0.2) is 0 Å². The molecule has 474 valence electrons. The van der Waals surface area contributed by atoms with Crippen LogP contribution in [0.25, 0.3) is 165 Å². The van der Waals surface area contributed by atoms with E-state index >= 15 is 0 Å². The fraction of sp³-hybridized carbons (Fsp3) is 0.0341. The number of aromatic nitrogens is 3. The minimum absolute atomic E-state index is 0. The number of nitriles is 1. The highest BCUT2D eigenvalue weighted by molar-refractivity contribution is 14.1. The largest absolute Gasteiger partial charge is 0.455 e. The van der Waals surface area contributed by atoms with E-state index < -0.39 is 0 Å². The molecule has 0 fully saturated rings. The van der Waals surface area contributed by atoms with Crippen LogP contribution in [0.1, 0.15) is 34.4 Å². The number of para-hydroxylation sites is 7. The maximum absolute atomic E-state index is 10.1. The summed E-state index contributed by atoms with van der Waals surface area (Å²) in [5.41, 5.74) is 22.6. The van der Waals surface area contributed by atoms with Gasteiger partial charge in [-0.05, 0) is 178 Å². The molecule has 98 heavy (non-hydrogen) atoms. The van der Waals surface area contributed by atoms with Gasteiger partial charge in [-0.3, -0.25) is 3.59 Å². The summed E-state index contributed by atoms with van der Waals surface area (Å²) < 4.78 is 27.8. The molecule has 0 N–H and O–H groups in total. The molecule has 1 aliphatic rings. The summed E-state index contributed by atoms with van der Waals surface area (Å²) in [7, 11) is 0. The molecule has 14 aromatic carbocycles. The molecule has 21 rings (SSSR count). The summed E-state index contributed by atoms with van der Waals surface area (Å²) in [6.07, 6.45) is 1.01. The third-order valence-corrected chi connectivity index (χ3v) is 20.8. The highest BCUT2D eigenvalue weighted by Crippen LogP contribution is 2.46. The highest BCUT2D eigenvalue weighted by atomic mass is 127. The van der Waals surface area contributed by atoms with Crippen LogP contribution in [0.5, 0.6) is 0 Å². The molecule has 0 aliphatic heterocycles. The van der Waals surface area contributed by atoms with Crippen molar-refractivity contribution >= 4 is 186 Å². The van der Waals surface area contributed by atoms with Crippen LogP contribution in [0.4, 0.5) is 0 Å². The monoisotopic (exact) mass is 1510 g/mol. The lowest BCUT2D eigenvalue weighted by Gasteiger charge is -2.13. The van der Waals surface area contributed by atoms with Gasteiger partial charge in [0, 0.05) is 81.7 Å². The maximum Gasteiger partial charge on any atom is 0.145 e. The van der Waals surface area contributed by atoms with Crippen molar-refractivity contribution in [3.63, 3.8) is 0 Å². The predicted molar refractivity (Wildman–Crippen MR) is 430 cm³/mol. The molecular formula is C88H63Br2IN4O3. The smallest absolute Gasteiger partial charge is 0.145 e. The number of fused-ring (bicyclic) bond motifs is 24. The second-order valence-electron chi connectivity index (χ2n) is 24.2. The number of rotatable bonds is 3. The predicted octanol–water partition coefficient (Wildman–Crippen LogP) is 27.1. The Kier molecular flexibility index (Phi) is 15.9. The minimum atomic E-state index is 0. The van der Waals surface area contributed by atoms with E-state index in [1.807, 2.05) is 64.3 Å². The molecule has 6 aromatic heterocycles. The normalized spacial score (nSPS) is 11.6. The maximum atomic E-state index is 10.1. The van der Waals surface area contributed by atoms with E-state index in [0.717, 1.165) is 127 Å². The van der Waals surface area contributed by atoms with E-state index in [1.54, 1.807) is 0 Å². The molecule has 10 heteroatoms. The number of furan rings is 3. The van der Waals surface area contributed by atoms with Crippen LogP contribution < -0.4 is 0 Å². The topological polar surface area (TPSA) is 78.0 Å². The van der Waals surface area contributed by atoms with Gasteiger partial charge in [-0.15, -0.1) is 0 Å². The van der Waals surface area contributed by atoms with E-state index in [9.17, 15) is 5.26 Å². The van der Waals surface area contributed by atoms with E-state index in [0.29, 0.717) is 5.56 Å². The van der Waals surface area contributed by atoms with Crippen molar-refractivity contribution in [2.24, 2.45) is 0 Å². The van der Waals surface area contributed by atoms with Gasteiger partial charge in [-0.1, -0.05) is 207 Å². The molecule has 0 radical (unpaired) electrons. The number of nitrogens with zero attached hydrogens (tertiary/aromatic N) is 4. The van der Waals surface area contributed by atoms with Crippen molar-refractivity contribution in [1.29, 1.82) is 5.26 Å². The van der Waals surface area contributed by atoms with Gasteiger partial charge in [-0.2, -0.15) is 5.26 Å². The quantitative estimate of drug-likeness (QED) is 0.165. The average molecular weight is 1510 g/mol. The first kappa shape index (κ1) is 61.9. The van der Waals surface area contributed by atoms with Crippen molar-refractivity contribution < 1.29 is 16.1 Å². The van der Waals surface area contributed by atoms with Crippen LogP contribution >= 0.6 is 54.7 Å². The van der Waals surface area contributed by atoms with Gasteiger partial charge >= 0.3 is 0 Å². The van der Waals surface area contributed by atoms with Gasteiger partial charge in [0.05, 0.1) is 71.7 Å². The van der Waals surface area contributed by atoms with Crippen LogP contribution in [0.15, 0.2) is 315 Å². The van der Waals surface area contributed by atoms with Gasteiger partial charge in [0.1, 0.15) is 33.5 Å². The van der Waals surface area contributed by atoms with Crippen LogP contribution in [0.3, 0.4) is 0 Å². The molecule has 0 spiro atoms. The first-order valence-corrected chi connectivity index (χ1v) is 34.3. The van der Waals surface area contributed by atoms with Crippen molar-refractivity contribution in [3.8, 4) is 39.7 Å². The van der Waals surface area contributed by atoms with Gasteiger partial charge in [0.25, 0.3) is 0 Å². The van der Waals surface area contributed by atoms with Crippen LogP contribution in [0, 0.1) is 14.9 Å². The number of benzene rings is 14. The molecule has 0 atom stereocenters. The van der Waals surface area contributed by atoms with Crippen molar-refractivity contribution in [2.45, 2.75) is 21.3 Å². The third kappa shape index (κ3) is 10.3. The summed E-state index contributed by atoms with van der Waals surface area (Å²) in [4.78, 5) is 0. The molecule has 0 unspecified atom stereocenters. The van der Waals surface area contributed by atoms with E-state index in [-0.39, 0.29) is 17.7 Å². The summed E-state index contributed by atoms with van der Waals surface area (Å²) >= 11 is 9.27. The molecule has 1 aliphatic carbocycles. The molecule has 0 saturated heterocycles. The van der Waals surface area contributed by atoms with E-state index in [2.05, 4.69) is 306 Å². The van der Waals surface area contributed by atoms with Gasteiger partial charge in [0.2, 0.25) is 0 Å². The van der Waals surface area contributed by atoms with Gasteiger partial charge < -0.3 is 22.4 Å². The molecule has 6 heterocycles. The molecular weight excluding hydrogens is 1450 g/mol. The number of hydrogen-bond donors (Lipinski definition) is 0. The first-order chi connectivity index (χ1) is 47.3. The highest BCUT2D eigenvalue weighted by Gasteiger charge is 2.25. The molecule has 0 bridgehead atoms. The average Bonchev–Trinajstić information content (AvgIpc) is 1.58. The lowest BCUT2D eigenvalue weighted by atomic mass is 10.0. The lowest BCUT2D eigenvalue weighted by molar-refractivity contribution is 0.670. The Labute approximate surface area is 598 Å². The zero-order valence-electron chi connectivity index (χ0n) is 51.1. The first-order valence-electron chi connectivity index (χ1n) is 31.7. The van der Waals surface area contributed by atoms with Crippen LogP contribution in [-0.4, -0.2) is 12.7 Å². The summed E-state index contributed by atoms with van der Waals surface area (Å²) in [6.45, 7) is 0. The zero-order chi connectivity index (χ0) is 64.1. The Bertz CT molecular complexity index is 6500. The standard InChI is InChI=1S/C43H25N3O.C19H12O.C18H10BrNO.C6H4BrI.2CH4.2H2/c44-26-27-23-29(25-31(24-27)46-37-13-5-1-9-32(37)33-10-2-6-14-38(33)46)28-17-19-30(20-18-28)45-39-15-7-3-12-36(39)42-40(45)22-21-35-34-11-4-8-16-41(34)47-43(35)42;1-2-6-14-12(5-1)11-13-9-10-16-15-7-3-4-8-17(15)20-19(16)18(13)14;19-20-14-7-3-1-6-13(14)17-15(20)10-9-12-11-5-2-4-8-16(11)21-18(12)17;7-5-1-3-6(8)4-2-5;;;;/h1-25H;1-10H,11H2;1-10H;1-4H;2*1H4;2*1H. The fourth-order valence-corrected chi connectivity index (χ4v) is 15.7. The second-order valence-corrected chi connectivity index (χ2v) is 27.0. The minimum Gasteiger partial charge on any atom is -0.455 e. The van der Waals surface area contributed by atoms with Crippen LogP contribution in [-0.2, 0) is 6.42 Å². The number of halogens is 3. The Morgan fingerprint density at radius 1 is 0.367 bits per heavy atom. The lowest BCUT2D eigenvalue weighted by Crippen LogP contribution is -1.96. The fourth-order valence-electron chi connectivity index (χ4n) is 14.5. The van der Waals surface area contributed by atoms with Crippen molar-refractivity contribution in [3.05, 3.63) is 322 Å². The molecule has 0 amide bonds. The Balaban J connectivity index is 0.000000133. The second kappa shape index (κ2) is 25.2. The zero-order valence-corrected chi connectivity index (χ0v) is 56.5. The van der Waals surface area contributed by atoms with Crippen molar-refractivity contribution in [1.82, 2.24) is 12.7 Å². The Morgan fingerprint density at radius 2 is 0.816 bits per heavy atom. The summed E-state index contributed by atoms with van der Waals surface area (Å²) in [5.74, 6) is 0. The SMILES string of the molecule is Brc1ccc(I)cc1.Brn1c2ccccc2c2c3oc4ccccc4c3ccc21.C.C.N#Cc1cc(-c2ccc(-n3c4ccccc4c4c5oc6ccccc6c5ccc43)cc2)cc(-n2c3ccccc3c3ccccc32)c1.[HH].[HH].c1ccc2c(c1)Cc1ccc3c(oc4ccccc43)c1-2. The van der Waals surface area contributed by atoms with E-state index in [1.165, 1.54) is 63.5 Å².